The van der Waals surface area contributed by atoms with Gasteiger partial charge in [0.1, 0.15) is 0 Å². The highest BCUT2D eigenvalue weighted by Gasteiger charge is 2.26. The molecule has 180 valence electrons. The lowest BCUT2D eigenvalue weighted by atomic mass is 10.1. The van der Waals surface area contributed by atoms with Crippen LogP contribution in [-0.2, 0) is 22.0 Å². The molecule has 0 spiro atoms. The third kappa shape index (κ3) is 5.67. The average molecular weight is 498 g/mol. The van der Waals surface area contributed by atoms with Gasteiger partial charge in [0.2, 0.25) is 0 Å². The highest BCUT2D eigenvalue weighted by Crippen LogP contribution is 2.24. The van der Waals surface area contributed by atoms with E-state index in [1.807, 2.05) is 36.6 Å². The Balaban J connectivity index is 1.46. The molecule has 0 N–H and O–H groups in total. The van der Waals surface area contributed by atoms with Crippen molar-refractivity contribution in [2.75, 3.05) is 31.1 Å². The van der Waals surface area contributed by atoms with Gasteiger partial charge >= 0.3 is 0 Å². The van der Waals surface area contributed by atoms with Crippen LogP contribution in [0.5, 0.6) is 0 Å². The van der Waals surface area contributed by atoms with Crippen LogP contribution in [-0.4, -0.2) is 50.4 Å². The summed E-state index contributed by atoms with van der Waals surface area (Å²) in [5.74, 6) is -0.196. The van der Waals surface area contributed by atoms with Crippen molar-refractivity contribution in [1.29, 1.82) is 0 Å². The highest BCUT2D eigenvalue weighted by atomic mass is 32.2. The Labute approximate surface area is 206 Å². The second-order valence-electron chi connectivity index (χ2n) is 8.75. The molecule has 0 unspecified atom stereocenters. The standard InChI is InChI=1S/C26H31N3O3S2/c1-3-4-5-21-7-9-22(10-8-21)19-34(31,32)23-11-6-20(2)24(18-23)25(30)28-13-15-29(16-14-28)26-27-12-17-33-26/h6-12,17-18H,3-5,13-16,19H2,1-2H3. The summed E-state index contributed by atoms with van der Waals surface area (Å²) in [5.41, 5.74) is 3.22. The second-order valence-corrected chi connectivity index (χ2v) is 11.6. The minimum absolute atomic E-state index is 0.0791. The second kappa shape index (κ2) is 10.7. The van der Waals surface area contributed by atoms with Crippen LogP contribution in [0.15, 0.2) is 58.9 Å². The van der Waals surface area contributed by atoms with Crippen molar-refractivity contribution < 1.29 is 13.2 Å². The first-order chi connectivity index (χ1) is 16.4. The van der Waals surface area contributed by atoms with Crippen LogP contribution >= 0.6 is 11.3 Å². The molecule has 0 bridgehead atoms. The van der Waals surface area contributed by atoms with Crippen molar-refractivity contribution in [1.82, 2.24) is 9.88 Å². The van der Waals surface area contributed by atoms with E-state index >= 15 is 0 Å². The lowest BCUT2D eigenvalue weighted by Crippen LogP contribution is -2.49. The number of unbranched alkanes of at least 4 members (excludes halogenated alkanes) is 1. The molecular formula is C26H31N3O3S2. The van der Waals surface area contributed by atoms with Gasteiger partial charge in [-0.1, -0.05) is 43.7 Å². The molecule has 1 fully saturated rings. The number of hydrogen-bond donors (Lipinski definition) is 0. The Bertz CT molecular complexity index is 1210. The number of carbonyl (C=O) groups excluding carboxylic acids is 1. The van der Waals surface area contributed by atoms with E-state index in [4.69, 9.17) is 0 Å². The maximum Gasteiger partial charge on any atom is 0.254 e. The van der Waals surface area contributed by atoms with Crippen LogP contribution in [0.2, 0.25) is 0 Å². The van der Waals surface area contributed by atoms with Crippen LogP contribution < -0.4 is 4.90 Å². The molecule has 1 aliphatic rings. The van der Waals surface area contributed by atoms with E-state index in [9.17, 15) is 13.2 Å². The molecule has 0 atom stereocenters. The van der Waals surface area contributed by atoms with E-state index < -0.39 is 9.84 Å². The minimum atomic E-state index is -3.57. The summed E-state index contributed by atoms with van der Waals surface area (Å²) in [5, 5.41) is 2.91. The topological polar surface area (TPSA) is 70.6 Å². The van der Waals surface area contributed by atoms with Crippen LogP contribution in [0.4, 0.5) is 5.13 Å². The van der Waals surface area contributed by atoms with Gasteiger partial charge in [-0.15, -0.1) is 11.3 Å². The Hall–Kier alpha value is -2.71. The van der Waals surface area contributed by atoms with E-state index in [1.165, 1.54) is 5.56 Å². The number of piperazine rings is 1. The molecule has 34 heavy (non-hydrogen) atoms. The van der Waals surface area contributed by atoms with Crippen molar-refractivity contribution in [3.63, 3.8) is 0 Å². The molecule has 1 saturated heterocycles. The fourth-order valence-electron chi connectivity index (χ4n) is 4.15. The summed E-state index contributed by atoms with van der Waals surface area (Å²) in [4.78, 5) is 21.8. The van der Waals surface area contributed by atoms with E-state index in [1.54, 1.807) is 40.6 Å². The Morgan fingerprint density at radius 2 is 1.74 bits per heavy atom. The summed E-state index contributed by atoms with van der Waals surface area (Å²) in [7, 11) is -3.57. The first-order valence-electron chi connectivity index (χ1n) is 11.7. The zero-order valence-corrected chi connectivity index (χ0v) is 21.4. The fraction of sp³-hybridized carbons (Fsp3) is 0.385. The number of anilines is 1. The number of rotatable bonds is 8. The molecule has 2 heterocycles. The fourth-order valence-corrected chi connectivity index (χ4v) is 6.22. The van der Waals surface area contributed by atoms with Gasteiger partial charge in [0.05, 0.1) is 10.6 Å². The molecule has 0 aliphatic carbocycles. The number of carbonyl (C=O) groups is 1. The van der Waals surface area contributed by atoms with Gasteiger partial charge in [-0.2, -0.15) is 0 Å². The van der Waals surface area contributed by atoms with Crippen molar-refractivity contribution in [3.05, 3.63) is 76.3 Å². The predicted octanol–water partition coefficient (Wildman–Crippen LogP) is 4.73. The number of sulfone groups is 1. The summed E-state index contributed by atoms with van der Waals surface area (Å²) in [6.45, 7) is 6.60. The molecule has 6 nitrogen and oxygen atoms in total. The molecule has 1 aromatic heterocycles. The molecule has 0 radical (unpaired) electrons. The van der Waals surface area contributed by atoms with Gasteiger partial charge < -0.3 is 9.80 Å². The predicted molar refractivity (Wildman–Crippen MR) is 137 cm³/mol. The number of aryl methyl sites for hydroxylation is 2. The first kappa shape index (κ1) is 24.4. The third-order valence-electron chi connectivity index (χ3n) is 6.25. The quantitative estimate of drug-likeness (QED) is 0.450. The SMILES string of the molecule is CCCCc1ccc(CS(=O)(=O)c2ccc(C)c(C(=O)N3CCN(c4nccs4)CC3)c2)cc1. The third-order valence-corrected chi connectivity index (χ3v) is 8.77. The molecule has 0 saturated carbocycles. The number of aromatic nitrogens is 1. The van der Waals surface area contributed by atoms with Gasteiger partial charge in [0, 0.05) is 43.3 Å². The Morgan fingerprint density at radius 3 is 2.38 bits per heavy atom. The van der Waals surface area contributed by atoms with Crippen molar-refractivity contribution in [2.24, 2.45) is 0 Å². The average Bonchev–Trinajstić information content (AvgIpc) is 3.38. The molecule has 8 heteroatoms. The molecule has 1 aliphatic heterocycles. The summed E-state index contributed by atoms with van der Waals surface area (Å²) in [6, 6.07) is 12.7. The van der Waals surface area contributed by atoms with Gasteiger partial charge in [-0.3, -0.25) is 4.79 Å². The van der Waals surface area contributed by atoms with Crippen LogP contribution in [0, 0.1) is 6.92 Å². The van der Waals surface area contributed by atoms with Gasteiger partial charge in [-0.25, -0.2) is 13.4 Å². The van der Waals surface area contributed by atoms with Gasteiger partial charge in [-0.05, 0) is 48.6 Å². The van der Waals surface area contributed by atoms with Crippen molar-refractivity contribution >= 4 is 32.2 Å². The largest absolute Gasteiger partial charge is 0.345 e. The Kier molecular flexibility index (Phi) is 7.68. The summed E-state index contributed by atoms with van der Waals surface area (Å²) < 4.78 is 26.3. The van der Waals surface area contributed by atoms with E-state index in [0.717, 1.165) is 35.5 Å². The number of hydrogen-bond acceptors (Lipinski definition) is 6. The minimum Gasteiger partial charge on any atom is -0.345 e. The van der Waals surface area contributed by atoms with Crippen molar-refractivity contribution in [3.8, 4) is 0 Å². The molecular weight excluding hydrogens is 466 g/mol. The molecule has 1 amide bonds. The number of benzene rings is 2. The zero-order chi connectivity index (χ0) is 24.1. The van der Waals surface area contributed by atoms with Gasteiger partial charge in [0.15, 0.2) is 15.0 Å². The maximum atomic E-state index is 13.3. The number of nitrogens with zero attached hydrogens (tertiary/aromatic N) is 3. The van der Waals surface area contributed by atoms with Crippen molar-refractivity contribution in [2.45, 2.75) is 43.8 Å². The van der Waals surface area contributed by atoms with E-state index in [-0.39, 0.29) is 16.6 Å². The molecule has 2 aromatic carbocycles. The Morgan fingerprint density at radius 1 is 1.03 bits per heavy atom. The normalized spacial score (nSPS) is 14.4. The monoisotopic (exact) mass is 497 g/mol. The lowest BCUT2D eigenvalue weighted by Gasteiger charge is -2.34. The molecule has 4 rings (SSSR count). The molecule has 3 aromatic rings. The highest BCUT2D eigenvalue weighted by molar-refractivity contribution is 7.90. The van der Waals surface area contributed by atoms with Crippen LogP contribution in [0.25, 0.3) is 0 Å². The van der Waals surface area contributed by atoms with Crippen LogP contribution in [0.3, 0.4) is 0 Å². The summed E-state index contributed by atoms with van der Waals surface area (Å²) >= 11 is 1.59. The maximum absolute atomic E-state index is 13.3. The summed E-state index contributed by atoms with van der Waals surface area (Å²) in [6.07, 6.45) is 5.04. The van der Waals surface area contributed by atoms with Crippen LogP contribution in [0.1, 0.15) is 46.8 Å². The zero-order valence-electron chi connectivity index (χ0n) is 19.7. The smallest absolute Gasteiger partial charge is 0.254 e. The number of amides is 1. The number of thiazole rings is 1. The lowest BCUT2D eigenvalue weighted by molar-refractivity contribution is 0.0745. The van der Waals surface area contributed by atoms with Gasteiger partial charge in [0.25, 0.3) is 5.91 Å². The first-order valence-corrected chi connectivity index (χ1v) is 14.3. The van der Waals surface area contributed by atoms with E-state index in [2.05, 4.69) is 16.8 Å². The van der Waals surface area contributed by atoms with E-state index in [0.29, 0.717) is 31.7 Å².